The number of anilines is 1. The van der Waals surface area contributed by atoms with E-state index in [2.05, 4.69) is 15.2 Å². The number of hydrogen-bond acceptors (Lipinski definition) is 3. The molecule has 0 aliphatic rings. The van der Waals surface area contributed by atoms with Crippen molar-refractivity contribution in [3.05, 3.63) is 54.1 Å². The lowest BCUT2D eigenvalue weighted by Crippen LogP contribution is -1.90. The van der Waals surface area contributed by atoms with Gasteiger partial charge in [0.1, 0.15) is 5.82 Å². The number of nitrogen functional groups attached to an aromatic ring is 1. The molecule has 0 atom stereocenters. The highest BCUT2D eigenvalue weighted by molar-refractivity contribution is 5.87. The second-order valence-corrected chi connectivity index (χ2v) is 4.55. The van der Waals surface area contributed by atoms with Crippen molar-refractivity contribution >= 4 is 5.82 Å². The van der Waals surface area contributed by atoms with E-state index in [1.165, 1.54) is 12.1 Å². The fourth-order valence-corrected chi connectivity index (χ4v) is 2.17. The number of aryl methyl sites for hydroxylation is 1. The van der Waals surface area contributed by atoms with Gasteiger partial charge in [0.25, 0.3) is 0 Å². The van der Waals surface area contributed by atoms with Gasteiger partial charge in [-0.25, -0.2) is 4.39 Å². The number of pyridine rings is 1. The standard InChI is InChI=1S/C15H13FN4/c1-9-8-11(6-7-18-9)14-13(15(17)20-19-14)10-2-4-12(16)5-3-10/h2-8H,1H3,(H3,17,19,20). The van der Waals surface area contributed by atoms with Gasteiger partial charge >= 0.3 is 0 Å². The van der Waals surface area contributed by atoms with Crippen LogP contribution in [0.3, 0.4) is 0 Å². The van der Waals surface area contributed by atoms with Crippen molar-refractivity contribution in [3.63, 3.8) is 0 Å². The van der Waals surface area contributed by atoms with Crippen LogP contribution < -0.4 is 5.73 Å². The Hall–Kier alpha value is -2.69. The maximum atomic E-state index is 13.0. The van der Waals surface area contributed by atoms with Crippen LogP contribution in [0.2, 0.25) is 0 Å². The molecule has 0 saturated carbocycles. The molecule has 1 aromatic carbocycles. The van der Waals surface area contributed by atoms with Gasteiger partial charge in [-0.3, -0.25) is 10.1 Å². The Morgan fingerprint density at radius 3 is 2.55 bits per heavy atom. The quantitative estimate of drug-likeness (QED) is 0.750. The molecule has 2 aromatic heterocycles. The predicted octanol–water partition coefficient (Wildman–Crippen LogP) is 3.17. The van der Waals surface area contributed by atoms with Crippen molar-refractivity contribution in [2.75, 3.05) is 5.73 Å². The van der Waals surface area contributed by atoms with Crippen LogP contribution in [0.15, 0.2) is 42.6 Å². The Balaban J connectivity index is 2.17. The summed E-state index contributed by atoms with van der Waals surface area (Å²) in [6.45, 7) is 1.92. The van der Waals surface area contributed by atoms with Crippen molar-refractivity contribution in [1.82, 2.24) is 15.2 Å². The third-order valence-corrected chi connectivity index (χ3v) is 3.11. The zero-order chi connectivity index (χ0) is 14.1. The topological polar surface area (TPSA) is 67.6 Å². The summed E-state index contributed by atoms with van der Waals surface area (Å²) in [5.41, 5.74) is 10.2. The molecule has 3 rings (SSSR count). The Morgan fingerprint density at radius 1 is 1.10 bits per heavy atom. The first-order valence-electron chi connectivity index (χ1n) is 6.18. The SMILES string of the molecule is Cc1cc(-c2[nH]nc(N)c2-c2ccc(F)cc2)ccn1. The summed E-state index contributed by atoms with van der Waals surface area (Å²) in [5, 5.41) is 6.99. The molecule has 20 heavy (non-hydrogen) atoms. The Kier molecular flexibility index (Phi) is 2.95. The maximum absolute atomic E-state index is 13.0. The molecule has 4 nitrogen and oxygen atoms in total. The van der Waals surface area contributed by atoms with Crippen molar-refractivity contribution in [2.24, 2.45) is 0 Å². The summed E-state index contributed by atoms with van der Waals surface area (Å²) in [6.07, 6.45) is 1.73. The molecule has 3 aromatic rings. The molecular formula is C15H13FN4. The van der Waals surface area contributed by atoms with E-state index in [0.717, 1.165) is 28.1 Å². The average molecular weight is 268 g/mol. The summed E-state index contributed by atoms with van der Waals surface area (Å²) < 4.78 is 13.0. The van der Waals surface area contributed by atoms with Crippen molar-refractivity contribution in [3.8, 4) is 22.4 Å². The molecule has 0 aliphatic carbocycles. The molecule has 100 valence electrons. The van der Waals surface area contributed by atoms with Crippen LogP contribution >= 0.6 is 0 Å². The number of nitrogens with one attached hydrogen (secondary N) is 1. The number of nitrogens with zero attached hydrogens (tertiary/aromatic N) is 2. The fourth-order valence-electron chi connectivity index (χ4n) is 2.17. The first-order chi connectivity index (χ1) is 9.65. The molecule has 0 unspecified atom stereocenters. The number of halogens is 1. The van der Waals surface area contributed by atoms with Gasteiger partial charge in [-0.2, -0.15) is 5.10 Å². The number of nitrogens with two attached hydrogens (primary N) is 1. The zero-order valence-electron chi connectivity index (χ0n) is 10.9. The zero-order valence-corrected chi connectivity index (χ0v) is 10.9. The van der Waals surface area contributed by atoms with E-state index in [1.807, 2.05) is 19.1 Å². The van der Waals surface area contributed by atoms with E-state index in [4.69, 9.17) is 5.73 Å². The van der Waals surface area contributed by atoms with E-state index < -0.39 is 0 Å². The van der Waals surface area contributed by atoms with E-state index in [9.17, 15) is 4.39 Å². The van der Waals surface area contributed by atoms with Gasteiger partial charge in [-0.1, -0.05) is 12.1 Å². The summed E-state index contributed by atoms with van der Waals surface area (Å²) in [7, 11) is 0. The largest absolute Gasteiger partial charge is 0.382 e. The molecule has 0 bridgehead atoms. The van der Waals surface area contributed by atoms with Gasteiger partial charge < -0.3 is 5.73 Å². The first-order valence-corrected chi connectivity index (χ1v) is 6.18. The third kappa shape index (κ3) is 2.14. The van der Waals surface area contributed by atoms with Crippen LogP contribution in [-0.4, -0.2) is 15.2 Å². The molecule has 0 saturated heterocycles. The Morgan fingerprint density at radius 2 is 1.85 bits per heavy atom. The predicted molar refractivity (Wildman–Crippen MR) is 76.4 cm³/mol. The van der Waals surface area contributed by atoms with Gasteiger partial charge in [0.2, 0.25) is 0 Å². The number of rotatable bonds is 2. The first kappa shape index (κ1) is 12.3. The molecule has 0 amide bonds. The monoisotopic (exact) mass is 268 g/mol. The highest BCUT2D eigenvalue weighted by Gasteiger charge is 2.14. The highest BCUT2D eigenvalue weighted by atomic mass is 19.1. The number of aromatic amines is 1. The summed E-state index contributed by atoms with van der Waals surface area (Å²) >= 11 is 0. The summed E-state index contributed by atoms with van der Waals surface area (Å²) in [4.78, 5) is 4.17. The Labute approximate surface area is 115 Å². The molecule has 0 fully saturated rings. The third-order valence-electron chi connectivity index (χ3n) is 3.11. The van der Waals surface area contributed by atoms with Crippen molar-refractivity contribution in [2.45, 2.75) is 6.92 Å². The molecule has 0 radical (unpaired) electrons. The smallest absolute Gasteiger partial charge is 0.153 e. The van der Waals surface area contributed by atoms with E-state index >= 15 is 0 Å². The number of H-pyrrole nitrogens is 1. The van der Waals surface area contributed by atoms with E-state index in [0.29, 0.717) is 5.82 Å². The number of benzene rings is 1. The molecule has 2 heterocycles. The minimum atomic E-state index is -0.280. The summed E-state index contributed by atoms with van der Waals surface area (Å²) in [5.74, 6) is 0.109. The van der Waals surface area contributed by atoms with Crippen LogP contribution in [0, 0.1) is 12.7 Å². The maximum Gasteiger partial charge on any atom is 0.153 e. The average Bonchev–Trinajstić information content (AvgIpc) is 2.82. The van der Waals surface area contributed by atoms with Crippen LogP contribution in [0.4, 0.5) is 10.2 Å². The molecule has 5 heteroatoms. The minimum absolute atomic E-state index is 0.280. The van der Waals surface area contributed by atoms with E-state index in [-0.39, 0.29) is 5.82 Å². The lowest BCUT2D eigenvalue weighted by atomic mass is 10.0. The fraction of sp³-hybridized carbons (Fsp3) is 0.0667. The van der Waals surface area contributed by atoms with Crippen LogP contribution in [0.25, 0.3) is 22.4 Å². The number of aromatic nitrogens is 3. The van der Waals surface area contributed by atoms with Gasteiger partial charge in [0, 0.05) is 17.5 Å². The second kappa shape index (κ2) is 4.77. The van der Waals surface area contributed by atoms with Gasteiger partial charge in [-0.05, 0) is 36.8 Å². The van der Waals surface area contributed by atoms with Gasteiger partial charge in [-0.15, -0.1) is 0 Å². The van der Waals surface area contributed by atoms with Crippen molar-refractivity contribution in [1.29, 1.82) is 0 Å². The highest BCUT2D eigenvalue weighted by Crippen LogP contribution is 2.34. The molecule has 0 aliphatic heterocycles. The van der Waals surface area contributed by atoms with E-state index in [1.54, 1.807) is 18.3 Å². The summed E-state index contributed by atoms with van der Waals surface area (Å²) in [6, 6.07) is 10.0. The van der Waals surface area contributed by atoms with Gasteiger partial charge in [0.15, 0.2) is 5.82 Å². The normalized spacial score (nSPS) is 10.7. The Bertz CT molecular complexity index is 747. The minimum Gasteiger partial charge on any atom is -0.382 e. The molecule has 0 spiro atoms. The van der Waals surface area contributed by atoms with Crippen LogP contribution in [0.1, 0.15) is 5.69 Å². The lowest BCUT2D eigenvalue weighted by Gasteiger charge is -2.05. The second-order valence-electron chi connectivity index (χ2n) is 4.55. The number of hydrogen-bond donors (Lipinski definition) is 2. The molecular weight excluding hydrogens is 255 g/mol. The lowest BCUT2D eigenvalue weighted by molar-refractivity contribution is 0.628. The van der Waals surface area contributed by atoms with Gasteiger partial charge in [0.05, 0.1) is 11.3 Å². The van der Waals surface area contributed by atoms with Crippen LogP contribution in [-0.2, 0) is 0 Å². The molecule has 3 N–H and O–H groups in total. The van der Waals surface area contributed by atoms with Crippen molar-refractivity contribution < 1.29 is 4.39 Å². The van der Waals surface area contributed by atoms with Crippen LogP contribution in [0.5, 0.6) is 0 Å².